The van der Waals surface area contributed by atoms with Crippen molar-refractivity contribution in [1.82, 2.24) is 4.90 Å². The van der Waals surface area contributed by atoms with E-state index in [4.69, 9.17) is 4.74 Å². The molecule has 0 aromatic carbocycles. The van der Waals surface area contributed by atoms with Crippen LogP contribution in [0.5, 0.6) is 0 Å². The maximum atomic E-state index is 11.2. The topological polar surface area (TPSA) is 29.5 Å². The molecular formula is C16H33NO2. The van der Waals surface area contributed by atoms with E-state index in [9.17, 15) is 4.79 Å². The zero-order chi connectivity index (χ0) is 14.7. The van der Waals surface area contributed by atoms with Gasteiger partial charge in [0.2, 0.25) is 0 Å². The minimum atomic E-state index is -0.0521. The Bertz CT molecular complexity index is 217. The van der Waals surface area contributed by atoms with E-state index in [1.165, 1.54) is 19.5 Å². The monoisotopic (exact) mass is 271 g/mol. The van der Waals surface area contributed by atoms with E-state index in [0.717, 1.165) is 31.2 Å². The van der Waals surface area contributed by atoms with E-state index in [2.05, 4.69) is 32.6 Å². The molecule has 0 heterocycles. The fourth-order valence-electron chi connectivity index (χ4n) is 2.30. The van der Waals surface area contributed by atoms with Crippen molar-refractivity contribution in [2.24, 2.45) is 11.8 Å². The number of rotatable bonds is 11. The van der Waals surface area contributed by atoms with E-state index in [-0.39, 0.29) is 5.97 Å². The summed E-state index contributed by atoms with van der Waals surface area (Å²) in [6.07, 6.45) is 3.82. The Labute approximate surface area is 119 Å². The molecule has 0 radical (unpaired) electrons. The van der Waals surface area contributed by atoms with Gasteiger partial charge in [0.05, 0.1) is 6.61 Å². The highest BCUT2D eigenvalue weighted by Crippen LogP contribution is 2.08. The Morgan fingerprint density at radius 3 is 2.05 bits per heavy atom. The fourth-order valence-corrected chi connectivity index (χ4v) is 2.30. The van der Waals surface area contributed by atoms with Gasteiger partial charge in [-0.1, -0.05) is 34.1 Å². The van der Waals surface area contributed by atoms with Gasteiger partial charge < -0.3 is 9.64 Å². The summed E-state index contributed by atoms with van der Waals surface area (Å²) in [5, 5.41) is 0. The van der Waals surface area contributed by atoms with Gasteiger partial charge in [0, 0.05) is 19.5 Å². The van der Waals surface area contributed by atoms with Crippen LogP contribution in [-0.4, -0.2) is 37.1 Å². The summed E-state index contributed by atoms with van der Waals surface area (Å²) in [6, 6.07) is 0. The van der Waals surface area contributed by atoms with Crippen molar-refractivity contribution in [3.63, 3.8) is 0 Å². The first-order chi connectivity index (χ1) is 8.95. The van der Waals surface area contributed by atoms with Crippen LogP contribution in [0.25, 0.3) is 0 Å². The smallest absolute Gasteiger partial charge is 0.305 e. The molecule has 0 amide bonds. The average molecular weight is 271 g/mol. The van der Waals surface area contributed by atoms with E-state index in [0.29, 0.717) is 13.0 Å². The molecule has 0 saturated carbocycles. The minimum Gasteiger partial charge on any atom is -0.466 e. The third kappa shape index (κ3) is 12.2. The Kier molecular flexibility index (Phi) is 10.9. The summed E-state index contributed by atoms with van der Waals surface area (Å²) in [4.78, 5) is 13.8. The minimum absolute atomic E-state index is 0.0521. The van der Waals surface area contributed by atoms with Crippen LogP contribution in [0.1, 0.15) is 60.3 Å². The van der Waals surface area contributed by atoms with Gasteiger partial charge in [-0.05, 0) is 38.1 Å². The first kappa shape index (κ1) is 18.4. The first-order valence-corrected chi connectivity index (χ1v) is 7.83. The van der Waals surface area contributed by atoms with Crippen LogP contribution in [0.3, 0.4) is 0 Å². The number of nitrogens with zero attached hydrogens (tertiary/aromatic N) is 1. The maximum absolute atomic E-state index is 11.2. The molecule has 0 saturated heterocycles. The first-order valence-electron chi connectivity index (χ1n) is 7.83. The van der Waals surface area contributed by atoms with Crippen molar-refractivity contribution in [2.45, 2.75) is 60.3 Å². The lowest BCUT2D eigenvalue weighted by Crippen LogP contribution is -2.32. The molecule has 0 aliphatic carbocycles. The van der Waals surface area contributed by atoms with Crippen molar-refractivity contribution in [1.29, 1.82) is 0 Å². The number of carbonyl (C=O) groups excluding carboxylic acids is 1. The van der Waals surface area contributed by atoms with E-state index in [1.807, 2.05) is 6.92 Å². The molecule has 0 atom stereocenters. The summed E-state index contributed by atoms with van der Waals surface area (Å²) in [5.74, 6) is 1.39. The van der Waals surface area contributed by atoms with Gasteiger partial charge in [-0.3, -0.25) is 4.79 Å². The lowest BCUT2D eigenvalue weighted by atomic mass is 10.1. The maximum Gasteiger partial charge on any atom is 0.305 e. The van der Waals surface area contributed by atoms with Crippen molar-refractivity contribution in [2.75, 3.05) is 26.2 Å². The van der Waals surface area contributed by atoms with Crippen molar-refractivity contribution in [3.8, 4) is 0 Å². The number of unbranched alkanes of at least 4 members (excludes halogenated alkanes) is 2. The van der Waals surface area contributed by atoms with Crippen LogP contribution in [-0.2, 0) is 9.53 Å². The zero-order valence-corrected chi connectivity index (χ0v) is 13.6. The number of esters is 1. The largest absolute Gasteiger partial charge is 0.466 e. The molecule has 0 aromatic rings. The summed E-state index contributed by atoms with van der Waals surface area (Å²) in [5.41, 5.74) is 0. The second-order valence-electron chi connectivity index (χ2n) is 6.16. The quantitative estimate of drug-likeness (QED) is 0.424. The molecule has 0 rings (SSSR count). The number of ether oxygens (including phenoxy) is 1. The molecule has 0 bridgehead atoms. The van der Waals surface area contributed by atoms with Crippen LogP contribution in [0.4, 0.5) is 0 Å². The molecule has 0 unspecified atom stereocenters. The highest BCUT2D eigenvalue weighted by atomic mass is 16.5. The van der Waals surface area contributed by atoms with Gasteiger partial charge in [-0.15, -0.1) is 0 Å². The molecular weight excluding hydrogens is 238 g/mol. The van der Waals surface area contributed by atoms with Crippen LogP contribution in [0, 0.1) is 11.8 Å². The summed E-state index contributed by atoms with van der Waals surface area (Å²) in [7, 11) is 0. The lowest BCUT2D eigenvalue weighted by Gasteiger charge is -2.26. The zero-order valence-electron chi connectivity index (χ0n) is 13.6. The van der Waals surface area contributed by atoms with Gasteiger partial charge in [-0.2, -0.15) is 0 Å². The normalized spacial score (nSPS) is 11.6. The Morgan fingerprint density at radius 1 is 1.00 bits per heavy atom. The number of hydrogen-bond acceptors (Lipinski definition) is 3. The molecule has 0 aromatic heterocycles. The predicted molar refractivity (Wildman–Crippen MR) is 81.2 cm³/mol. The molecule has 114 valence electrons. The van der Waals surface area contributed by atoms with E-state index < -0.39 is 0 Å². The lowest BCUT2D eigenvalue weighted by molar-refractivity contribution is -0.143. The molecule has 0 aliphatic rings. The molecule has 0 spiro atoms. The van der Waals surface area contributed by atoms with Gasteiger partial charge in [0.25, 0.3) is 0 Å². The summed E-state index contributed by atoms with van der Waals surface area (Å²) < 4.78 is 4.93. The van der Waals surface area contributed by atoms with Crippen LogP contribution < -0.4 is 0 Å². The van der Waals surface area contributed by atoms with Gasteiger partial charge in [-0.25, -0.2) is 0 Å². The van der Waals surface area contributed by atoms with Crippen LogP contribution >= 0.6 is 0 Å². The number of carbonyl (C=O) groups is 1. The van der Waals surface area contributed by atoms with E-state index >= 15 is 0 Å². The summed E-state index contributed by atoms with van der Waals surface area (Å²) >= 11 is 0. The van der Waals surface area contributed by atoms with Crippen molar-refractivity contribution < 1.29 is 9.53 Å². The second kappa shape index (κ2) is 11.3. The summed E-state index contributed by atoms with van der Waals surface area (Å²) in [6.45, 7) is 14.9. The van der Waals surface area contributed by atoms with Crippen LogP contribution in [0.15, 0.2) is 0 Å². The molecule has 0 fully saturated rings. The highest BCUT2D eigenvalue weighted by molar-refractivity contribution is 5.69. The molecule has 0 aliphatic heterocycles. The SMILES string of the molecule is CCOC(=O)CCCCCN(CC(C)C)CC(C)C. The standard InChI is InChI=1S/C16H33NO2/c1-6-19-16(18)10-8-7-9-11-17(12-14(2)3)13-15(4)5/h14-15H,6-13H2,1-5H3. The average Bonchev–Trinajstić information content (AvgIpc) is 2.27. The van der Waals surface area contributed by atoms with Crippen molar-refractivity contribution in [3.05, 3.63) is 0 Å². The molecule has 19 heavy (non-hydrogen) atoms. The molecule has 3 nitrogen and oxygen atoms in total. The van der Waals surface area contributed by atoms with E-state index in [1.54, 1.807) is 0 Å². The van der Waals surface area contributed by atoms with Gasteiger partial charge in [0.15, 0.2) is 0 Å². The highest BCUT2D eigenvalue weighted by Gasteiger charge is 2.09. The Balaban J connectivity index is 3.71. The predicted octanol–water partition coefficient (Wildman–Crippen LogP) is 3.72. The van der Waals surface area contributed by atoms with Crippen LogP contribution in [0.2, 0.25) is 0 Å². The van der Waals surface area contributed by atoms with Gasteiger partial charge in [0.1, 0.15) is 0 Å². The number of hydrogen-bond donors (Lipinski definition) is 0. The second-order valence-corrected chi connectivity index (χ2v) is 6.16. The fraction of sp³-hybridized carbons (Fsp3) is 0.938. The Hall–Kier alpha value is -0.570. The molecule has 0 N–H and O–H groups in total. The van der Waals surface area contributed by atoms with Gasteiger partial charge >= 0.3 is 5.97 Å². The third-order valence-electron chi connectivity index (χ3n) is 2.91. The van der Waals surface area contributed by atoms with Crippen molar-refractivity contribution >= 4 is 5.97 Å². The Morgan fingerprint density at radius 2 is 1.58 bits per heavy atom. The molecule has 3 heteroatoms. The third-order valence-corrected chi connectivity index (χ3v) is 2.91.